The minimum Gasteiger partial charge on any atom is -0.326 e. The minimum absolute atomic E-state index is 0.0105. The molecule has 38 heavy (non-hydrogen) atoms. The molecule has 1 saturated carbocycles. The first-order chi connectivity index (χ1) is 18.4. The van der Waals surface area contributed by atoms with Gasteiger partial charge in [0.2, 0.25) is 5.95 Å². The number of piperidine rings is 1. The summed E-state index contributed by atoms with van der Waals surface area (Å²) in [5.74, 6) is 0.275. The van der Waals surface area contributed by atoms with Crippen molar-refractivity contribution in [1.82, 2.24) is 29.4 Å². The molecule has 1 aliphatic carbocycles. The second kappa shape index (κ2) is 9.87. The van der Waals surface area contributed by atoms with Crippen LogP contribution in [0.15, 0.2) is 42.2 Å². The number of likely N-dealkylation sites (tertiary alicyclic amines) is 1. The number of benzene rings is 1. The maximum atomic E-state index is 15.0. The first-order valence-corrected chi connectivity index (χ1v) is 13.2. The Hall–Kier alpha value is -3.72. The van der Waals surface area contributed by atoms with Gasteiger partial charge >= 0.3 is 0 Å². The number of rotatable bonds is 6. The molecule has 1 aromatic carbocycles. The molecule has 196 valence electrons. The van der Waals surface area contributed by atoms with Gasteiger partial charge in [0.1, 0.15) is 22.9 Å². The first kappa shape index (κ1) is 24.6. The Bertz CT molecular complexity index is 1510. The quantitative estimate of drug-likeness (QED) is 0.319. The monoisotopic (exact) mass is 515 g/mol. The summed E-state index contributed by atoms with van der Waals surface area (Å²) in [5, 5.41) is 3.04. The Labute approximate surface area is 220 Å². The Balaban J connectivity index is 1.21. The van der Waals surface area contributed by atoms with Gasteiger partial charge in [-0.2, -0.15) is 0 Å². The van der Waals surface area contributed by atoms with Gasteiger partial charge in [-0.25, -0.2) is 28.7 Å². The lowest BCUT2D eigenvalue weighted by molar-refractivity contribution is 0.247. The van der Waals surface area contributed by atoms with Crippen molar-refractivity contribution >= 4 is 28.9 Å². The lowest BCUT2D eigenvalue weighted by Gasteiger charge is -2.28. The molecule has 4 heterocycles. The molecule has 6 rings (SSSR count). The van der Waals surface area contributed by atoms with Crippen LogP contribution in [0.2, 0.25) is 0 Å². The Kier molecular flexibility index (Phi) is 6.39. The molecule has 0 amide bonds. The molecule has 3 aromatic heterocycles. The van der Waals surface area contributed by atoms with Gasteiger partial charge in [-0.3, -0.25) is 4.90 Å². The molecule has 1 saturated heterocycles. The van der Waals surface area contributed by atoms with Crippen molar-refractivity contribution in [3.05, 3.63) is 65.3 Å². The summed E-state index contributed by atoms with van der Waals surface area (Å²) in [7, 11) is 0. The fraction of sp³-hybridized carbons (Fsp3) is 0.379. The third kappa shape index (κ3) is 4.90. The van der Waals surface area contributed by atoms with E-state index in [1.165, 1.54) is 24.5 Å². The predicted molar refractivity (Wildman–Crippen MR) is 145 cm³/mol. The minimum atomic E-state index is -0.635. The lowest BCUT2D eigenvalue weighted by atomic mass is 10.0. The molecule has 7 nitrogen and oxygen atoms in total. The highest BCUT2D eigenvalue weighted by Gasteiger charge is 2.30. The molecule has 0 radical (unpaired) electrons. The molecular weight excluding hydrogens is 484 g/mol. The second-order valence-corrected chi connectivity index (χ2v) is 10.5. The van der Waals surface area contributed by atoms with Crippen LogP contribution in [0.25, 0.3) is 28.4 Å². The van der Waals surface area contributed by atoms with Crippen molar-refractivity contribution in [2.45, 2.75) is 58.5 Å². The molecule has 9 heteroatoms. The second-order valence-electron chi connectivity index (χ2n) is 10.5. The number of nitrogens with zero attached hydrogens (tertiary/aromatic N) is 6. The summed E-state index contributed by atoms with van der Waals surface area (Å²) >= 11 is 0. The molecule has 2 fully saturated rings. The largest absolute Gasteiger partial charge is 0.326 e. The number of aromatic nitrogens is 5. The average molecular weight is 516 g/mol. The molecule has 0 bridgehead atoms. The van der Waals surface area contributed by atoms with Gasteiger partial charge in [-0.1, -0.05) is 11.6 Å². The van der Waals surface area contributed by atoms with E-state index in [2.05, 4.69) is 36.2 Å². The van der Waals surface area contributed by atoms with Crippen molar-refractivity contribution in [3.8, 4) is 11.3 Å². The average Bonchev–Trinajstić information content (AvgIpc) is 3.68. The maximum absolute atomic E-state index is 15.0. The number of halogens is 2. The number of nitrogens with one attached hydrogen (secondary N) is 1. The van der Waals surface area contributed by atoms with E-state index < -0.39 is 11.6 Å². The topological polar surface area (TPSA) is 71.8 Å². The van der Waals surface area contributed by atoms with E-state index in [9.17, 15) is 8.78 Å². The van der Waals surface area contributed by atoms with Crippen LogP contribution in [-0.4, -0.2) is 48.5 Å². The van der Waals surface area contributed by atoms with Crippen LogP contribution in [0.3, 0.4) is 0 Å². The van der Waals surface area contributed by atoms with E-state index in [1.54, 1.807) is 6.07 Å². The predicted octanol–water partition coefficient (Wildman–Crippen LogP) is 6.44. The Morgan fingerprint density at radius 3 is 2.47 bits per heavy atom. The smallest absolute Gasteiger partial charge is 0.229 e. The van der Waals surface area contributed by atoms with Gasteiger partial charge in [-0.15, -0.1) is 0 Å². The summed E-state index contributed by atoms with van der Waals surface area (Å²) in [6, 6.07) is 7.75. The number of anilines is 2. The fourth-order valence-electron chi connectivity index (χ4n) is 5.36. The van der Waals surface area contributed by atoms with Gasteiger partial charge in [-0.05, 0) is 76.3 Å². The van der Waals surface area contributed by atoms with Crippen molar-refractivity contribution in [2.24, 2.45) is 0 Å². The van der Waals surface area contributed by atoms with Gasteiger partial charge in [0.05, 0.1) is 11.7 Å². The highest BCUT2D eigenvalue weighted by molar-refractivity contribution is 5.83. The third-order valence-corrected chi connectivity index (χ3v) is 7.36. The molecular formula is C29H31F2N7. The van der Waals surface area contributed by atoms with Crippen LogP contribution in [0.5, 0.6) is 0 Å². The summed E-state index contributed by atoms with van der Waals surface area (Å²) < 4.78 is 31.7. The first-order valence-electron chi connectivity index (χ1n) is 13.2. The summed E-state index contributed by atoms with van der Waals surface area (Å²) in [5.41, 5.74) is 3.70. The van der Waals surface area contributed by atoms with E-state index in [4.69, 9.17) is 0 Å². The van der Waals surface area contributed by atoms with Gasteiger partial charge in [0.15, 0.2) is 11.6 Å². The normalized spacial score (nSPS) is 16.4. The number of fused-ring (bicyclic) bond motifs is 1. The molecule has 4 aromatic rings. The summed E-state index contributed by atoms with van der Waals surface area (Å²) in [6.45, 7) is 8.11. The zero-order valence-electron chi connectivity index (χ0n) is 21.9. The van der Waals surface area contributed by atoms with E-state index >= 15 is 0 Å². The number of hydrogen-bond donors (Lipinski definition) is 1. The van der Waals surface area contributed by atoms with Crippen LogP contribution in [0, 0.1) is 18.6 Å². The lowest BCUT2D eigenvalue weighted by Crippen LogP contribution is -2.32. The zero-order valence-corrected chi connectivity index (χ0v) is 21.9. The van der Waals surface area contributed by atoms with Crippen LogP contribution < -0.4 is 5.32 Å². The van der Waals surface area contributed by atoms with Crippen molar-refractivity contribution in [3.63, 3.8) is 0 Å². The van der Waals surface area contributed by atoms with Gasteiger partial charge in [0.25, 0.3) is 0 Å². The fourth-order valence-corrected chi connectivity index (χ4v) is 5.36. The number of hydrogen-bond acceptors (Lipinski definition) is 6. The number of imidazole rings is 1. The van der Waals surface area contributed by atoms with E-state index in [-0.39, 0.29) is 23.2 Å². The SMILES string of the molecule is Cc1nc2c(F)cc(-c3nc(Nc4ccc(C=C5CCN(C6CC6)CC5)cn4)ncc3F)cc2n1C(C)C. The van der Waals surface area contributed by atoms with Crippen molar-refractivity contribution in [1.29, 1.82) is 0 Å². The van der Waals surface area contributed by atoms with E-state index in [0.29, 0.717) is 22.7 Å². The molecule has 0 unspecified atom stereocenters. The standard InChI is InChI=1S/C29H31F2N7/c1-17(2)38-18(3)34-28-23(30)13-21(14-25(28)38)27-24(31)16-33-29(36-27)35-26-7-4-20(15-32-26)12-19-8-10-37(11-9-19)22-5-6-22/h4,7,12-17,22H,5-6,8-11H2,1-3H3,(H,32,33,35,36). The van der Waals surface area contributed by atoms with Crippen molar-refractivity contribution in [2.75, 3.05) is 18.4 Å². The maximum Gasteiger partial charge on any atom is 0.229 e. The Morgan fingerprint density at radius 2 is 1.79 bits per heavy atom. The van der Waals surface area contributed by atoms with Crippen LogP contribution in [0.1, 0.15) is 57.0 Å². The third-order valence-electron chi connectivity index (χ3n) is 7.36. The van der Waals surface area contributed by atoms with Crippen LogP contribution >= 0.6 is 0 Å². The highest BCUT2D eigenvalue weighted by Crippen LogP contribution is 2.32. The zero-order chi connectivity index (χ0) is 26.4. The van der Waals surface area contributed by atoms with Gasteiger partial charge in [0, 0.05) is 36.9 Å². The molecule has 1 N–H and O–H groups in total. The molecule has 1 aliphatic heterocycles. The van der Waals surface area contributed by atoms with E-state index in [1.807, 2.05) is 43.7 Å². The highest BCUT2D eigenvalue weighted by atomic mass is 19.1. The summed E-state index contributed by atoms with van der Waals surface area (Å²) in [4.78, 5) is 19.9. The number of pyridine rings is 1. The Morgan fingerprint density at radius 1 is 1.00 bits per heavy atom. The summed E-state index contributed by atoms with van der Waals surface area (Å²) in [6.07, 6.45) is 10.0. The van der Waals surface area contributed by atoms with Crippen LogP contribution in [-0.2, 0) is 0 Å². The van der Waals surface area contributed by atoms with Crippen LogP contribution in [0.4, 0.5) is 20.5 Å². The van der Waals surface area contributed by atoms with Crippen molar-refractivity contribution < 1.29 is 8.78 Å². The van der Waals surface area contributed by atoms with E-state index in [0.717, 1.165) is 43.7 Å². The molecule has 0 atom stereocenters. The number of aryl methyl sites for hydroxylation is 1. The molecule has 2 aliphatic rings. The molecule has 0 spiro atoms. The van der Waals surface area contributed by atoms with Gasteiger partial charge < -0.3 is 9.88 Å².